The standard InChI is InChI=1S/C14H19N5O2S/c1-14(2,3)12-18-13(22-19-12)17-8-7-16-11(21)10-9(20)5-4-6-15-10/h4-6,20H,7-8H2,1-3H3,(H,16,21)(H,17,18,19). The lowest BCUT2D eigenvalue weighted by Crippen LogP contribution is -2.29. The summed E-state index contributed by atoms with van der Waals surface area (Å²) in [4.78, 5) is 20.1. The van der Waals surface area contributed by atoms with Crippen LogP contribution in [0.2, 0.25) is 0 Å². The molecule has 2 aromatic rings. The van der Waals surface area contributed by atoms with Gasteiger partial charge in [-0.25, -0.2) is 9.97 Å². The van der Waals surface area contributed by atoms with Gasteiger partial charge < -0.3 is 15.7 Å². The highest BCUT2D eigenvalue weighted by Crippen LogP contribution is 2.22. The number of pyridine rings is 1. The van der Waals surface area contributed by atoms with Gasteiger partial charge in [0.05, 0.1) is 0 Å². The van der Waals surface area contributed by atoms with Crippen LogP contribution < -0.4 is 10.6 Å². The van der Waals surface area contributed by atoms with Gasteiger partial charge in [0, 0.05) is 36.2 Å². The van der Waals surface area contributed by atoms with E-state index in [-0.39, 0.29) is 16.9 Å². The summed E-state index contributed by atoms with van der Waals surface area (Å²) in [6.45, 7) is 7.06. The molecule has 0 radical (unpaired) electrons. The monoisotopic (exact) mass is 321 g/mol. The van der Waals surface area contributed by atoms with Crippen molar-refractivity contribution in [1.29, 1.82) is 0 Å². The molecule has 0 bridgehead atoms. The van der Waals surface area contributed by atoms with E-state index in [1.807, 2.05) is 0 Å². The number of aromatic nitrogens is 3. The van der Waals surface area contributed by atoms with Gasteiger partial charge in [0.2, 0.25) is 5.13 Å². The number of aromatic hydroxyl groups is 1. The van der Waals surface area contributed by atoms with Crippen LogP contribution in [0.1, 0.15) is 37.1 Å². The molecule has 2 aromatic heterocycles. The molecule has 0 unspecified atom stereocenters. The number of hydrogen-bond donors (Lipinski definition) is 3. The summed E-state index contributed by atoms with van der Waals surface area (Å²) in [6, 6.07) is 2.99. The molecule has 2 rings (SSSR count). The van der Waals surface area contributed by atoms with Gasteiger partial charge in [-0.3, -0.25) is 4.79 Å². The van der Waals surface area contributed by atoms with Gasteiger partial charge in [-0.15, -0.1) is 0 Å². The topological polar surface area (TPSA) is 100 Å². The van der Waals surface area contributed by atoms with Crippen molar-refractivity contribution < 1.29 is 9.90 Å². The Hall–Kier alpha value is -2.22. The summed E-state index contributed by atoms with van der Waals surface area (Å²) >= 11 is 1.30. The normalized spacial score (nSPS) is 11.2. The molecule has 0 saturated carbocycles. The molecule has 8 heteroatoms. The van der Waals surface area contributed by atoms with Crippen LogP contribution >= 0.6 is 11.5 Å². The highest BCUT2D eigenvalue weighted by atomic mass is 32.1. The number of amides is 1. The molecular formula is C14H19N5O2S. The zero-order chi connectivity index (χ0) is 16.2. The minimum atomic E-state index is -0.410. The van der Waals surface area contributed by atoms with Crippen LogP contribution in [0.4, 0.5) is 5.13 Å². The number of nitrogens with zero attached hydrogens (tertiary/aromatic N) is 3. The third-order valence-electron chi connectivity index (χ3n) is 2.79. The quantitative estimate of drug-likeness (QED) is 0.726. The lowest BCUT2D eigenvalue weighted by molar-refractivity contribution is 0.0947. The first-order chi connectivity index (χ1) is 10.4. The second-order valence-corrected chi connectivity index (χ2v) is 6.48. The van der Waals surface area contributed by atoms with Gasteiger partial charge >= 0.3 is 0 Å². The Bertz CT molecular complexity index is 651. The fourth-order valence-corrected chi connectivity index (χ4v) is 2.38. The van der Waals surface area contributed by atoms with Crippen molar-refractivity contribution in [1.82, 2.24) is 19.7 Å². The number of nitrogens with one attached hydrogen (secondary N) is 2. The van der Waals surface area contributed by atoms with E-state index in [2.05, 4.69) is 45.7 Å². The molecule has 3 N–H and O–H groups in total. The van der Waals surface area contributed by atoms with Crippen molar-refractivity contribution in [3.8, 4) is 5.75 Å². The smallest absolute Gasteiger partial charge is 0.273 e. The first kappa shape index (κ1) is 16.2. The summed E-state index contributed by atoms with van der Waals surface area (Å²) < 4.78 is 4.30. The van der Waals surface area contributed by atoms with E-state index < -0.39 is 5.91 Å². The average molecular weight is 321 g/mol. The highest BCUT2D eigenvalue weighted by Gasteiger charge is 2.19. The van der Waals surface area contributed by atoms with Crippen molar-refractivity contribution >= 4 is 22.6 Å². The fourth-order valence-electron chi connectivity index (χ4n) is 1.60. The Kier molecular flexibility index (Phi) is 4.92. The molecule has 0 aliphatic heterocycles. The van der Waals surface area contributed by atoms with Crippen LogP contribution in [0.5, 0.6) is 5.75 Å². The van der Waals surface area contributed by atoms with Crippen LogP contribution in [0.15, 0.2) is 18.3 Å². The van der Waals surface area contributed by atoms with Crippen LogP contribution in [0.3, 0.4) is 0 Å². The van der Waals surface area contributed by atoms with Gasteiger partial charge in [-0.05, 0) is 12.1 Å². The third kappa shape index (κ3) is 4.14. The molecule has 22 heavy (non-hydrogen) atoms. The second kappa shape index (κ2) is 6.69. The summed E-state index contributed by atoms with van der Waals surface area (Å²) in [5.41, 5.74) is -0.0605. The summed E-state index contributed by atoms with van der Waals surface area (Å²) in [5, 5.41) is 16.0. The predicted octanol–water partition coefficient (Wildman–Crippen LogP) is 1.78. The molecule has 1 amide bonds. The summed E-state index contributed by atoms with van der Waals surface area (Å²) in [6.07, 6.45) is 1.46. The van der Waals surface area contributed by atoms with E-state index in [4.69, 9.17) is 0 Å². The van der Waals surface area contributed by atoms with Gasteiger partial charge in [0.15, 0.2) is 5.69 Å². The minimum absolute atomic E-state index is 0.0217. The van der Waals surface area contributed by atoms with Crippen LogP contribution in [0.25, 0.3) is 0 Å². The molecule has 0 aliphatic rings. The highest BCUT2D eigenvalue weighted by molar-refractivity contribution is 7.09. The summed E-state index contributed by atoms with van der Waals surface area (Å²) in [5.74, 6) is 0.252. The van der Waals surface area contributed by atoms with Crippen molar-refractivity contribution in [3.63, 3.8) is 0 Å². The lowest BCUT2D eigenvalue weighted by atomic mass is 9.96. The molecule has 0 saturated heterocycles. The van der Waals surface area contributed by atoms with E-state index >= 15 is 0 Å². The van der Waals surface area contributed by atoms with Gasteiger partial charge in [0.25, 0.3) is 5.91 Å². The van der Waals surface area contributed by atoms with Crippen molar-refractivity contribution in [2.75, 3.05) is 18.4 Å². The number of hydrogen-bond acceptors (Lipinski definition) is 7. The van der Waals surface area contributed by atoms with E-state index in [0.717, 1.165) is 11.0 Å². The number of anilines is 1. The SMILES string of the molecule is CC(C)(C)c1nsc(NCCNC(=O)c2ncccc2O)n1. The van der Waals surface area contributed by atoms with Gasteiger partial charge in [-0.2, -0.15) is 4.37 Å². The molecule has 0 aromatic carbocycles. The van der Waals surface area contributed by atoms with Crippen LogP contribution in [-0.2, 0) is 5.41 Å². The molecular weight excluding hydrogens is 302 g/mol. The van der Waals surface area contributed by atoms with Gasteiger partial charge in [0.1, 0.15) is 11.6 Å². The van der Waals surface area contributed by atoms with Crippen LogP contribution in [-0.4, -0.2) is 38.4 Å². The second-order valence-electron chi connectivity index (χ2n) is 5.73. The molecule has 2 heterocycles. The molecule has 0 fully saturated rings. The Labute approximate surface area is 133 Å². The molecule has 0 aliphatic carbocycles. The average Bonchev–Trinajstić information content (AvgIpc) is 2.93. The Morgan fingerprint density at radius 3 is 2.77 bits per heavy atom. The lowest BCUT2D eigenvalue weighted by Gasteiger charge is -2.12. The zero-order valence-electron chi connectivity index (χ0n) is 12.8. The summed E-state index contributed by atoms with van der Waals surface area (Å²) in [7, 11) is 0. The third-order valence-corrected chi connectivity index (χ3v) is 3.46. The predicted molar refractivity (Wildman–Crippen MR) is 85.3 cm³/mol. The van der Waals surface area contributed by atoms with E-state index in [1.165, 1.54) is 23.8 Å². The first-order valence-electron chi connectivity index (χ1n) is 6.88. The van der Waals surface area contributed by atoms with E-state index in [9.17, 15) is 9.90 Å². The number of carbonyl (C=O) groups is 1. The van der Waals surface area contributed by atoms with Gasteiger partial charge in [-0.1, -0.05) is 20.8 Å². The Balaban J connectivity index is 1.79. The molecule has 118 valence electrons. The van der Waals surface area contributed by atoms with Crippen LogP contribution in [0, 0.1) is 0 Å². The Morgan fingerprint density at radius 2 is 2.14 bits per heavy atom. The van der Waals surface area contributed by atoms with E-state index in [1.54, 1.807) is 6.07 Å². The minimum Gasteiger partial charge on any atom is -0.505 e. The molecule has 7 nitrogen and oxygen atoms in total. The maximum atomic E-state index is 11.8. The molecule has 0 atom stereocenters. The number of rotatable bonds is 5. The largest absolute Gasteiger partial charge is 0.505 e. The molecule has 0 spiro atoms. The van der Waals surface area contributed by atoms with Crippen molar-refractivity contribution in [3.05, 3.63) is 29.8 Å². The first-order valence-corrected chi connectivity index (χ1v) is 7.65. The maximum Gasteiger partial charge on any atom is 0.273 e. The fraction of sp³-hybridized carbons (Fsp3) is 0.429. The van der Waals surface area contributed by atoms with E-state index in [0.29, 0.717) is 13.1 Å². The van der Waals surface area contributed by atoms with Crippen molar-refractivity contribution in [2.24, 2.45) is 0 Å². The Morgan fingerprint density at radius 1 is 1.36 bits per heavy atom. The number of carbonyl (C=O) groups excluding carboxylic acids is 1. The zero-order valence-corrected chi connectivity index (χ0v) is 13.6. The van der Waals surface area contributed by atoms with Crippen molar-refractivity contribution in [2.45, 2.75) is 26.2 Å². The maximum absolute atomic E-state index is 11.8.